The van der Waals surface area contributed by atoms with E-state index in [4.69, 9.17) is 0 Å². The Labute approximate surface area is 96.3 Å². The van der Waals surface area contributed by atoms with Gasteiger partial charge >= 0.3 is 0 Å². The standard InChI is InChI=1S/C11H12F4N2/c12-7-9(8(13)11(15)16-10(7)14)17-5-3-1-2-4-6-17/h1-6H2. The molecule has 0 atom stereocenters. The minimum absolute atomic E-state index is 0.400. The summed E-state index contributed by atoms with van der Waals surface area (Å²) in [6.07, 6.45) is 3.42. The van der Waals surface area contributed by atoms with E-state index in [0.29, 0.717) is 13.1 Å². The first-order valence-electron chi connectivity index (χ1n) is 5.56. The third-order valence-electron chi connectivity index (χ3n) is 2.90. The Balaban J connectivity index is 2.42. The van der Waals surface area contributed by atoms with Gasteiger partial charge in [-0.3, -0.25) is 0 Å². The first-order valence-corrected chi connectivity index (χ1v) is 5.56. The number of aromatic nitrogens is 1. The SMILES string of the molecule is Fc1nc(F)c(F)c(N2CCCCCC2)c1F. The Morgan fingerprint density at radius 1 is 0.765 bits per heavy atom. The molecule has 0 bridgehead atoms. The summed E-state index contributed by atoms with van der Waals surface area (Å²) in [5.74, 6) is -6.01. The van der Waals surface area contributed by atoms with E-state index in [1.165, 1.54) is 4.90 Å². The van der Waals surface area contributed by atoms with Gasteiger partial charge in [0, 0.05) is 13.1 Å². The van der Waals surface area contributed by atoms with Crippen LogP contribution in [0.25, 0.3) is 0 Å². The minimum Gasteiger partial charge on any atom is -0.367 e. The van der Waals surface area contributed by atoms with Crippen LogP contribution in [0, 0.1) is 23.5 Å². The van der Waals surface area contributed by atoms with Gasteiger partial charge in [-0.1, -0.05) is 12.8 Å². The summed E-state index contributed by atoms with van der Waals surface area (Å²) in [5, 5.41) is 0. The van der Waals surface area contributed by atoms with Gasteiger partial charge in [-0.15, -0.1) is 0 Å². The third kappa shape index (κ3) is 2.35. The smallest absolute Gasteiger partial charge is 0.253 e. The molecule has 0 aromatic carbocycles. The Bertz CT molecular complexity index is 388. The number of hydrogen-bond donors (Lipinski definition) is 0. The fraction of sp³-hybridized carbons (Fsp3) is 0.545. The maximum absolute atomic E-state index is 13.5. The van der Waals surface area contributed by atoms with Crippen molar-refractivity contribution in [2.24, 2.45) is 0 Å². The van der Waals surface area contributed by atoms with Crippen LogP contribution >= 0.6 is 0 Å². The first-order chi connectivity index (χ1) is 8.11. The van der Waals surface area contributed by atoms with Gasteiger partial charge in [-0.25, -0.2) is 0 Å². The zero-order valence-corrected chi connectivity index (χ0v) is 9.15. The number of pyridine rings is 1. The number of halogens is 4. The van der Waals surface area contributed by atoms with E-state index in [1.807, 2.05) is 0 Å². The highest BCUT2D eigenvalue weighted by Gasteiger charge is 2.25. The topological polar surface area (TPSA) is 16.1 Å². The summed E-state index contributed by atoms with van der Waals surface area (Å²) in [6, 6.07) is 0. The van der Waals surface area contributed by atoms with Crippen LogP contribution in [0.3, 0.4) is 0 Å². The van der Waals surface area contributed by atoms with Gasteiger partial charge in [0.25, 0.3) is 11.9 Å². The predicted octanol–water partition coefficient (Wildman–Crippen LogP) is 3.02. The average molecular weight is 248 g/mol. The molecule has 0 spiro atoms. The summed E-state index contributed by atoms with van der Waals surface area (Å²) in [5.41, 5.74) is -0.628. The van der Waals surface area contributed by atoms with Crippen molar-refractivity contribution >= 4 is 5.69 Å². The molecular weight excluding hydrogens is 236 g/mol. The molecule has 0 aliphatic carbocycles. The zero-order chi connectivity index (χ0) is 12.4. The molecule has 0 amide bonds. The second-order valence-corrected chi connectivity index (χ2v) is 4.07. The Hall–Kier alpha value is -1.33. The minimum atomic E-state index is -1.59. The second kappa shape index (κ2) is 4.89. The van der Waals surface area contributed by atoms with Gasteiger partial charge in [0.1, 0.15) is 5.69 Å². The van der Waals surface area contributed by atoms with Crippen molar-refractivity contribution in [2.45, 2.75) is 25.7 Å². The van der Waals surface area contributed by atoms with Crippen LogP contribution in [0.15, 0.2) is 0 Å². The Morgan fingerprint density at radius 3 is 1.71 bits per heavy atom. The number of hydrogen-bond acceptors (Lipinski definition) is 2. The second-order valence-electron chi connectivity index (χ2n) is 4.07. The van der Waals surface area contributed by atoms with Crippen molar-refractivity contribution in [3.8, 4) is 0 Å². The van der Waals surface area contributed by atoms with E-state index in [-0.39, 0.29) is 0 Å². The number of anilines is 1. The van der Waals surface area contributed by atoms with Gasteiger partial charge in [-0.2, -0.15) is 22.5 Å². The van der Waals surface area contributed by atoms with Crippen LogP contribution in [0.2, 0.25) is 0 Å². The lowest BCUT2D eigenvalue weighted by molar-refractivity contribution is 0.405. The van der Waals surface area contributed by atoms with E-state index >= 15 is 0 Å². The summed E-state index contributed by atoms with van der Waals surface area (Å²) in [7, 11) is 0. The molecule has 17 heavy (non-hydrogen) atoms. The lowest BCUT2D eigenvalue weighted by atomic mass is 10.2. The molecule has 1 aromatic heterocycles. The molecule has 0 N–H and O–H groups in total. The monoisotopic (exact) mass is 248 g/mol. The molecule has 94 valence electrons. The highest BCUT2D eigenvalue weighted by atomic mass is 19.2. The highest BCUT2D eigenvalue weighted by molar-refractivity contribution is 5.48. The molecule has 2 rings (SSSR count). The number of nitrogens with zero attached hydrogens (tertiary/aromatic N) is 2. The summed E-state index contributed by atoms with van der Waals surface area (Å²) in [4.78, 5) is 3.89. The van der Waals surface area contributed by atoms with Crippen LogP contribution in [-0.4, -0.2) is 18.1 Å². The molecule has 1 aliphatic heterocycles. The average Bonchev–Trinajstić information content (AvgIpc) is 2.56. The normalized spacial score (nSPS) is 17.1. The predicted molar refractivity (Wildman–Crippen MR) is 54.8 cm³/mol. The van der Waals surface area contributed by atoms with Crippen LogP contribution in [0.5, 0.6) is 0 Å². The van der Waals surface area contributed by atoms with Gasteiger partial charge in [0.2, 0.25) is 11.6 Å². The van der Waals surface area contributed by atoms with Crippen molar-refractivity contribution in [1.29, 1.82) is 0 Å². The molecule has 2 nitrogen and oxygen atoms in total. The Kier molecular flexibility index (Phi) is 3.49. The molecule has 0 saturated carbocycles. The Morgan fingerprint density at radius 2 is 1.24 bits per heavy atom. The zero-order valence-electron chi connectivity index (χ0n) is 9.15. The van der Waals surface area contributed by atoms with Crippen molar-refractivity contribution in [1.82, 2.24) is 4.98 Å². The molecule has 1 aromatic rings. The van der Waals surface area contributed by atoms with Crippen LogP contribution in [0.4, 0.5) is 23.2 Å². The van der Waals surface area contributed by atoms with Crippen molar-refractivity contribution in [2.75, 3.05) is 18.0 Å². The quantitative estimate of drug-likeness (QED) is 0.561. The molecule has 1 fully saturated rings. The summed E-state index contributed by atoms with van der Waals surface area (Å²) in [6.45, 7) is 0.799. The largest absolute Gasteiger partial charge is 0.367 e. The molecule has 1 aliphatic rings. The van der Waals surface area contributed by atoms with Gasteiger partial charge < -0.3 is 4.90 Å². The maximum Gasteiger partial charge on any atom is 0.253 e. The highest BCUT2D eigenvalue weighted by Crippen LogP contribution is 2.28. The van der Waals surface area contributed by atoms with Gasteiger partial charge in [-0.05, 0) is 12.8 Å². The molecule has 0 radical (unpaired) electrons. The van der Waals surface area contributed by atoms with E-state index in [9.17, 15) is 17.6 Å². The third-order valence-corrected chi connectivity index (χ3v) is 2.90. The van der Waals surface area contributed by atoms with E-state index in [1.54, 1.807) is 0 Å². The lowest BCUT2D eigenvalue weighted by Crippen LogP contribution is -2.27. The van der Waals surface area contributed by atoms with Gasteiger partial charge in [0.05, 0.1) is 0 Å². The molecule has 2 heterocycles. The van der Waals surface area contributed by atoms with Crippen molar-refractivity contribution < 1.29 is 17.6 Å². The lowest BCUT2D eigenvalue weighted by Gasteiger charge is -2.23. The van der Waals surface area contributed by atoms with Crippen LogP contribution < -0.4 is 4.90 Å². The van der Waals surface area contributed by atoms with Gasteiger partial charge in [0.15, 0.2) is 0 Å². The first kappa shape index (κ1) is 12.1. The van der Waals surface area contributed by atoms with Crippen LogP contribution in [-0.2, 0) is 0 Å². The number of rotatable bonds is 1. The van der Waals surface area contributed by atoms with Crippen molar-refractivity contribution in [3.05, 3.63) is 23.5 Å². The molecule has 1 saturated heterocycles. The fourth-order valence-corrected chi connectivity index (χ4v) is 2.05. The van der Waals surface area contributed by atoms with E-state index in [2.05, 4.69) is 4.98 Å². The fourth-order valence-electron chi connectivity index (χ4n) is 2.05. The molecule has 0 unspecified atom stereocenters. The summed E-state index contributed by atoms with van der Waals surface area (Å²) >= 11 is 0. The van der Waals surface area contributed by atoms with Crippen LogP contribution in [0.1, 0.15) is 25.7 Å². The maximum atomic E-state index is 13.5. The van der Waals surface area contributed by atoms with E-state index in [0.717, 1.165) is 25.7 Å². The molecule has 6 heteroatoms. The van der Waals surface area contributed by atoms with E-state index < -0.39 is 29.2 Å². The molecular formula is C11H12F4N2. The summed E-state index contributed by atoms with van der Waals surface area (Å²) < 4.78 is 52.9. The van der Waals surface area contributed by atoms with Crippen molar-refractivity contribution in [3.63, 3.8) is 0 Å².